The lowest BCUT2D eigenvalue weighted by atomic mass is 10.2. The lowest BCUT2D eigenvalue weighted by Gasteiger charge is -2.14. The zero-order valence-corrected chi connectivity index (χ0v) is 12.0. The molecule has 0 amide bonds. The second-order valence-corrected chi connectivity index (χ2v) is 4.93. The van der Waals surface area contributed by atoms with E-state index in [-0.39, 0.29) is 0 Å². The number of aromatic nitrogens is 1. The quantitative estimate of drug-likeness (QED) is 0.745. The summed E-state index contributed by atoms with van der Waals surface area (Å²) in [6.45, 7) is 0.680. The second kappa shape index (κ2) is 5.36. The molecule has 3 aromatic rings. The smallest absolute Gasteiger partial charge is 0.298 e. The van der Waals surface area contributed by atoms with E-state index in [4.69, 9.17) is 14.9 Å². The van der Waals surface area contributed by atoms with Crippen LogP contribution in [0.3, 0.4) is 0 Å². The van der Waals surface area contributed by atoms with Crippen LogP contribution in [-0.2, 0) is 6.54 Å². The second-order valence-electron chi connectivity index (χ2n) is 4.93. The van der Waals surface area contributed by atoms with Gasteiger partial charge in [0.05, 0.1) is 7.11 Å². The SMILES string of the molecule is COc1cccc(CN(C)c2nc3ccc(N)cc3o2)c1. The molecular formula is C16H17N3O2. The van der Waals surface area contributed by atoms with Gasteiger partial charge in [0.2, 0.25) is 0 Å². The first-order chi connectivity index (χ1) is 10.2. The first-order valence-electron chi connectivity index (χ1n) is 6.66. The van der Waals surface area contributed by atoms with Gasteiger partial charge in [-0.25, -0.2) is 0 Å². The van der Waals surface area contributed by atoms with Crippen molar-refractivity contribution in [3.63, 3.8) is 0 Å². The van der Waals surface area contributed by atoms with E-state index in [1.54, 1.807) is 13.2 Å². The number of hydrogen-bond donors (Lipinski definition) is 1. The molecule has 5 nitrogen and oxygen atoms in total. The number of oxazole rings is 1. The van der Waals surface area contributed by atoms with Crippen molar-refractivity contribution in [2.45, 2.75) is 6.54 Å². The highest BCUT2D eigenvalue weighted by Crippen LogP contribution is 2.24. The molecule has 0 saturated carbocycles. The Hall–Kier alpha value is -2.69. The molecule has 0 unspecified atom stereocenters. The van der Waals surface area contributed by atoms with Gasteiger partial charge in [-0.15, -0.1) is 0 Å². The minimum absolute atomic E-state index is 0.568. The third-order valence-electron chi connectivity index (χ3n) is 3.28. The number of nitrogens with zero attached hydrogens (tertiary/aromatic N) is 2. The molecule has 5 heteroatoms. The standard InChI is InChI=1S/C16H17N3O2/c1-19(10-11-4-3-5-13(8-11)20-2)16-18-14-7-6-12(17)9-15(14)21-16/h3-9H,10,17H2,1-2H3. The zero-order valence-electron chi connectivity index (χ0n) is 12.0. The highest BCUT2D eigenvalue weighted by Gasteiger charge is 2.11. The van der Waals surface area contributed by atoms with Gasteiger partial charge in [0.15, 0.2) is 5.58 Å². The fraction of sp³-hybridized carbons (Fsp3) is 0.188. The first-order valence-corrected chi connectivity index (χ1v) is 6.66. The lowest BCUT2D eigenvalue weighted by molar-refractivity contribution is 0.414. The zero-order chi connectivity index (χ0) is 14.8. The lowest BCUT2D eigenvalue weighted by Crippen LogP contribution is -2.16. The van der Waals surface area contributed by atoms with Gasteiger partial charge in [-0.3, -0.25) is 0 Å². The molecule has 2 aromatic carbocycles. The highest BCUT2D eigenvalue weighted by molar-refractivity contribution is 5.78. The molecule has 2 N–H and O–H groups in total. The van der Waals surface area contributed by atoms with Crippen LogP contribution in [0.25, 0.3) is 11.1 Å². The molecule has 108 valence electrons. The Labute approximate surface area is 122 Å². The van der Waals surface area contributed by atoms with Crippen LogP contribution in [0.1, 0.15) is 5.56 Å². The van der Waals surface area contributed by atoms with Crippen molar-refractivity contribution in [2.75, 3.05) is 24.8 Å². The van der Waals surface area contributed by atoms with E-state index in [1.165, 1.54) is 0 Å². The Morgan fingerprint density at radius 2 is 2.10 bits per heavy atom. The summed E-state index contributed by atoms with van der Waals surface area (Å²) in [5, 5.41) is 0. The van der Waals surface area contributed by atoms with Crippen LogP contribution in [0.15, 0.2) is 46.9 Å². The van der Waals surface area contributed by atoms with Crippen molar-refractivity contribution in [3.05, 3.63) is 48.0 Å². The van der Waals surface area contributed by atoms with Crippen molar-refractivity contribution >= 4 is 22.8 Å². The number of nitrogen functional groups attached to an aromatic ring is 1. The van der Waals surface area contributed by atoms with Gasteiger partial charge in [-0.2, -0.15) is 4.98 Å². The molecule has 1 aromatic heterocycles. The fourth-order valence-corrected chi connectivity index (χ4v) is 2.20. The molecule has 1 heterocycles. The third-order valence-corrected chi connectivity index (χ3v) is 3.28. The van der Waals surface area contributed by atoms with Crippen LogP contribution >= 0.6 is 0 Å². The Balaban J connectivity index is 1.84. The number of nitrogens with two attached hydrogens (primary N) is 1. The summed E-state index contributed by atoms with van der Waals surface area (Å²) in [5.74, 6) is 0.839. The Bertz CT molecular complexity index is 767. The normalized spacial score (nSPS) is 10.8. The number of fused-ring (bicyclic) bond motifs is 1. The van der Waals surface area contributed by atoms with Crippen LogP contribution in [0.2, 0.25) is 0 Å². The van der Waals surface area contributed by atoms with Gasteiger partial charge in [-0.1, -0.05) is 12.1 Å². The van der Waals surface area contributed by atoms with Gasteiger partial charge in [-0.05, 0) is 29.8 Å². The molecule has 0 radical (unpaired) electrons. The van der Waals surface area contributed by atoms with Crippen LogP contribution in [0.4, 0.5) is 11.7 Å². The van der Waals surface area contributed by atoms with E-state index in [1.807, 2.05) is 48.3 Å². The van der Waals surface area contributed by atoms with Gasteiger partial charge < -0.3 is 19.8 Å². The molecular weight excluding hydrogens is 266 g/mol. The van der Waals surface area contributed by atoms with Gasteiger partial charge in [0.1, 0.15) is 11.3 Å². The maximum absolute atomic E-state index is 5.75. The molecule has 0 saturated heterocycles. The molecule has 0 aliphatic heterocycles. The van der Waals surface area contributed by atoms with Crippen LogP contribution < -0.4 is 15.4 Å². The minimum atomic E-state index is 0.568. The van der Waals surface area contributed by atoms with E-state index in [9.17, 15) is 0 Å². The summed E-state index contributed by atoms with van der Waals surface area (Å²) < 4.78 is 11.0. The van der Waals surface area contributed by atoms with Crippen molar-refractivity contribution < 1.29 is 9.15 Å². The molecule has 0 spiro atoms. The van der Waals surface area contributed by atoms with Crippen LogP contribution in [0, 0.1) is 0 Å². The maximum Gasteiger partial charge on any atom is 0.298 e. The summed E-state index contributed by atoms with van der Waals surface area (Å²) in [4.78, 5) is 6.41. The average molecular weight is 283 g/mol. The summed E-state index contributed by atoms with van der Waals surface area (Å²) in [6, 6.07) is 14.0. The predicted molar refractivity (Wildman–Crippen MR) is 83.5 cm³/mol. The van der Waals surface area contributed by atoms with Gasteiger partial charge >= 0.3 is 0 Å². The maximum atomic E-state index is 5.75. The number of methoxy groups -OCH3 is 1. The van der Waals surface area contributed by atoms with Crippen LogP contribution in [-0.4, -0.2) is 19.1 Å². The Morgan fingerprint density at radius 3 is 2.90 bits per heavy atom. The predicted octanol–water partition coefficient (Wildman–Crippen LogP) is 3.06. The Kier molecular flexibility index (Phi) is 3.39. The van der Waals surface area contributed by atoms with E-state index in [2.05, 4.69) is 4.98 Å². The molecule has 0 fully saturated rings. The number of benzene rings is 2. The summed E-state index contributed by atoms with van der Waals surface area (Å²) >= 11 is 0. The molecule has 0 bridgehead atoms. The van der Waals surface area contributed by atoms with E-state index < -0.39 is 0 Å². The molecule has 0 aliphatic rings. The molecule has 0 atom stereocenters. The van der Waals surface area contributed by atoms with E-state index in [0.717, 1.165) is 16.8 Å². The highest BCUT2D eigenvalue weighted by atomic mass is 16.5. The monoisotopic (exact) mass is 283 g/mol. The number of anilines is 2. The van der Waals surface area contributed by atoms with Crippen molar-refractivity contribution in [1.29, 1.82) is 0 Å². The molecule has 3 rings (SSSR count). The average Bonchev–Trinajstić information content (AvgIpc) is 2.90. The topological polar surface area (TPSA) is 64.5 Å². The Morgan fingerprint density at radius 1 is 1.24 bits per heavy atom. The fourth-order valence-electron chi connectivity index (χ4n) is 2.20. The van der Waals surface area contributed by atoms with Gasteiger partial charge in [0, 0.05) is 25.3 Å². The van der Waals surface area contributed by atoms with E-state index in [0.29, 0.717) is 23.8 Å². The van der Waals surface area contributed by atoms with Crippen molar-refractivity contribution in [2.24, 2.45) is 0 Å². The summed E-state index contributed by atoms with van der Waals surface area (Å²) in [6.07, 6.45) is 0. The van der Waals surface area contributed by atoms with E-state index >= 15 is 0 Å². The van der Waals surface area contributed by atoms with Gasteiger partial charge in [0.25, 0.3) is 6.01 Å². The minimum Gasteiger partial charge on any atom is -0.497 e. The van der Waals surface area contributed by atoms with Crippen LogP contribution in [0.5, 0.6) is 5.75 Å². The molecule has 0 aliphatic carbocycles. The molecule has 21 heavy (non-hydrogen) atoms. The number of hydrogen-bond acceptors (Lipinski definition) is 5. The van der Waals surface area contributed by atoms with Crippen molar-refractivity contribution in [3.8, 4) is 5.75 Å². The number of ether oxygens (including phenoxy) is 1. The van der Waals surface area contributed by atoms with Crippen molar-refractivity contribution in [1.82, 2.24) is 4.98 Å². The number of rotatable bonds is 4. The summed E-state index contributed by atoms with van der Waals surface area (Å²) in [7, 11) is 3.60. The largest absolute Gasteiger partial charge is 0.497 e. The summed E-state index contributed by atoms with van der Waals surface area (Å²) in [5.41, 5.74) is 9.04. The third kappa shape index (κ3) is 2.76. The first kappa shape index (κ1) is 13.3.